The molecule has 94 valence electrons. The van der Waals surface area contributed by atoms with Crippen LogP contribution in [0.15, 0.2) is 30.3 Å². The summed E-state index contributed by atoms with van der Waals surface area (Å²) in [5.74, 6) is 0.359. The van der Waals surface area contributed by atoms with E-state index in [1.807, 2.05) is 13.1 Å². The van der Waals surface area contributed by atoms with E-state index in [-0.39, 0.29) is 6.61 Å². The van der Waals surface area contributed by atoms with Crippen LogP contribution in [0.5, 0.6) is 0 Å². The van der Waals surface area contributed by atoms with Gasteiger partial charge < -0.3 is 10.4 Å². The van der Waals surface area contributed by atoms with E-state index in [1.54, 1.807) is 0 Å². The fourth-order valence-electron chi connectivity index (χ4n) is 2.66. The molecule has 1 saturated heterocycles. The molecule has 0 saturated carbocycles. The van der Waals surface area contributed by atoms with Gasteiger partial charge >= 0.3 is 0 Å². The third-order valence-corrected chi connectivity index (χ3v) is 3.67. The number of nitrogens with zero attached hydrogens (tertiary/aromatic N) is 1. The Morgan fingerprint density at radius 3 is 2.76 bits per heavy atom. The molecule has 2 atom stereocenters. The molecule has 0 radical (unpaired) electrons. The predicted octanol–water partition coefficient (Wildman–Crippen LogP) is 1.09. The second-order valence-corrected chi connectivity index (χ2v) is 4.85. The van der Waals surface area contributed by atoms with Crippen LogP contribution in [0.25, 0.3) is 0 Å². The molecule has 0 amide bonds. The standard InChI is InChI=1S/C14H22N2O/c1-15-14-7-8-16(10-13(14)11-17)9-12-5-3-2-4-6-12/h2-6,13-15,17H,7-11H2,1H3/t13-,14+/m1/s1. The Morgan fingerprint density at radius 2 is 2.12 bits per heavy atom. The summed E-state index contributed by atoms with van der Waals surface area (Å²) in [5.41, 5.74) is 1.35. The maximum absolute atomic E-state index is 9.41. The summed E-state index contributed by atoms with van der Waals surface area (Å²) >= 11 is 0. The average molecular weight is 234 g/mol. The smallest absolute Gasteiger partial charge is 0.0486 e. The van der Waals surface area contributed by atoms with E-state index in [4.69, 9.17) is 0 Å². The van der Waals surface area contributed by atoms with Crippen molar-refractivity contribution in [3.05, 3.63) is 35.9 Å². The van der Waals surface area contributed by atoms with Crippen molar-refractivity contribution in [2.45, 2.75) is 19.0 Å². The molecule has 17 heavy (non-hydrogen) atoms. The monoisotopic (exact) mass is 234 g/mol. The van der Waals surface area contributed by atoms with Crippen LogP contribution in [0.2, 0.25) is 0 Å². The summed E-state index contributed by atoms with van der Waals surface area (Å²) in [6.45, 7) is 3.36. The largest absolute Gasteiger partial charge is 0.396 e. The van der Waals surface area contributed by atoms with E-state index in [1.165, 1.54) is 5.56 Å². The number of aliphatic hydroxyl groups excluding tert-OH is 1. The van der Waals surface area contributed by atoms with Gasteiger partial charge in [-0.1, -0.05) is 30.3 Å². The van der Waals surface area contributed by atoms with Crippen molar-refractivity contribution in [2.24, 2.45) is 5.92 Å². The van der Waals surface area contributed by atoms with E-state index in [0.717, 1.165) is 26.1 Å². The Hall–Kier alpha value is -0.900. The van der Waals surface area contributed by atoms with Gasteiger partial charge in [-0.2, -0.15) is 0 Å². The van der Waals surface area contributed by atoms with Crippen LogP contribution < -0.4 is 5.32 Å². The molecule has 1 aliphatic heterocycles. The van der Waals surface area contributed by atoms with Crippen molar-refractivity contribution in [2.75, 3.05) is 26.7 Å². The number of aliphatic hydroxyl groups is 1. The van der Waals surface area contributed by atoms with Gasteiger partial charge in [0.2, 0.25) is 0 Å². The van der Waals surface area contributed by atoms with Crippen molar-refractivity contribution in [3.63, 3.8) is 0 Å². The van der Waals surface area contributed by atoms with Gasteiger partial charge in [-0.3, -0.25) is 4.90 Å². The highest BCUT2D eigenvalue weighted by Crippen LogP contribution is 2.18. The minimum Gasteiger partial charge on any atom is -0.396 e. The Kier molecular flexibility index (Phi) is 4.54. The molecule has 3 heteroatoms. The number of rotatable bonds is 4. The summed E-state index contributed by atoms with van der Waals surface area (Å²) in [6.07, 6.45) is 1.12. The van der Waals surface area contributed by atoms with Crippen molar-refractivity contribution >= 4 is 0 Å². The first-order chi connectivity index (χ1) is 8.33. The molecule has 1 aromatic carbocycles. The molecule has 2 N–H and O–H groups in total. The molecule has 1 fully saturated rings. The quantitative estimate of drug-likeness (QED) is 0.818. The summed E-state index contributed by atoms with van der Waals surface area (Å²) in [4.78, 5) is 2.43. The molecule has 0 aromatic heterocycles. The third kappa shape index (κ3) is 3.28. The molecular formula is C14H22N2O. The summed E-state index contributed by atoms with van der Waals surface area (Å²) < 4.78 is 0. The summed E-state index contributed by atoms with van der Waals surface area (Å²) in [7, 11) is 1.99. The minimum atomic E-state index is 0.275. The molecule has 1 heterocycles. The highest BCUT2D eigenvalue weighted by Gasteiger charge is 2.27. The number of likely N-dealkylation sites (tertiary alicyclic amines) is 1. The molecule has 3 nitrogen and oxygen atoms in total. The van der Waals surface area contributed by atoms with Gasteiger partial charge in [0.25, 0.3) is 0 Å². The highest BCUT2D eigenvalue weighted by molar-refractivity contribution is 5.14. The summed E-state index contributed by atoms with van der Waals surface area (Å²) in [5, 5.41) is 12.7. The van der Waals surface area contributed by atoms with Gasteiger partial charge in [0, 0.05) is 31.7 Å². The number of piperidine rings is 1. The number of hydrogen-bond donors (Lipinski definition) is 2. The lowest BCUT2D eigenvalue weighted by Gasteiger charge is -2.37. The lowest BCUT2D eigenvalue weighted by Crippen LogP contribution is -2.49. The lowest BCUT2D eigenvalue weighted by atomic mass is 9.92. The molecule has 0 spiro atoms. The van der Waals surface area contributed by atoms with Crippen molar-refractivity contribution < 1.29 is 5.11 Å². The van der Waals surface area contributed by atoms with Crippen LogP contribution >= 0.6 is 0 Å². The van der Waals surface area contributed by atoms with Crippen LogP contribution in [0.3, 0.4) is 0 Å². The van der Waals surface area contributed by atoms with Gasteiger partial charge in [0.15, 0.2) is 0 Å². The molecule has 0 unspecified atom stereocenters. The first-order valence-corrected chi connectivity index (χ1v) is 6.38. The van der Waals surface area contributed by atoms with Crippen molar-refractivity contribution in [1.82, 2.24) is 10.2 Å². The average Bonchev–Trinajstić information content (AvgIpc) is 2.40. The van der Waals surface area contributed by atoms with E-state index < -0.39 is 0 Å². The van der Waals surface area contributed by atoms with Crippen LogP contribution in [0.1, 0.15) is 12.0 Å². The zero-order valence-corrected chi connectivity index (χ0v) is 10.5. The van der Waals surface area contributed by atoms with Crippen LogP contribution in [-0.4, -0.2) is 42.8 Å². The molecular weight excluding hydrogens is 212 g/mol. The number of nitrogens with one attached hydrogen (secondary N) is 1. The van der Waals surface area contributed by atoms with E-state index >= 15 is 0 Å². The van der Waals surface area contributed by atoms with Crippen LogP contribution in [0.4, 0.5) is 0 Å². The first-order valence-electron chi connectivity index (χ1n) is 6.38. The lowest BCUT2D eigenvalue weighted by molar-refractivity contribution is 0.0885. The molecule has 1 aliphatic rings. The van der Waals surface area contributed by atoms with Gasteiger partial charge in [-0.05, 0) is 25.6 Å². The Balaban J connectivity index is 1.91. The summed E-state index contributed by atoms with van der Waals surface area (Å²) in [6, 6.07) is 11.0. The maximum atomic E-state index is 9.41. The predicted molar refractivity (Wildman–Crippen MR) is 69.8 cm³/mol. The van der Waals surface area contributed by atoms with E-state index in [2.05, 4.69) is 34.5 Å². The SMILES string of the molecule is CN[C@H]1CCN(Cc2ccccc2)C[C@@H]1CO. The van der Waals surface area contributed by atoms with Gasteiger partial charge in [0.05, 0.1) is 0 Å². The minimum absolute atomic E-state index is 0.275. The molecule has 2 rings (SSSR count). The fourth-order valence-corrected chi connectivity index (χ4v) is 2.66. The Morgan fingerprint density at radius 1 is 1.35 bits per heavy atom. The van der Waals surface area contributed by atoms with Gasteiger partial charge in [-0.25, -0.2) is 0 Å². The van der Waals surface area contributed by atoms with Gasteiger partial charge in [-0.15, -0.1) is 0 Å². The van der Waals surface area contributed by atoms with Crippen molar-refractivity contribution in [3.8, 4) is 0 Å². The number of benzene rings is 1. The van der Waals surface area contributed by atoms with Crippen LogP contribution in [0, 0.1) is 5.92 Å². The zero-order chi connectivity index (χ0) is 12.1. The fraction of sp³-hybridized carbons (Fsp3) is 0.571. The second-order valence-electron chi connectivity index (χ2n) is 4.85. The zero-order valence-electron chi connectivity index (χ0n) is 10.5. The van der Waals surface area contributed by atoms with E-state index in [9.17, 15) is 5.11 Å². The van der Waals surface area contributed by atoms with Crippen LogP contribution in [-0.2, 0) is 6.54 Å². The normalized spacial score (nSPS) is 26.0. The molecule has 0 bridgehead atoms. The number of hydrogen-bond acceptors (Lipinski definition) is 3. The highest BCUT2D eigenvalue weighted by atomic mass is 16.3. The molecule has 0 aliphatic carbocycles. The Labute approximate surface area is 103 Å². The van der Waals surface area contributed by atoms with Gasteiger partial charge in [0.1, 0.15) is 0 Å². The third-order valence-electron chi connectivity index (χ3n) is 3.67. The topological polar surface area (TPSA) is 35.5 Å². The van der Waals surface area contributed by atoms with Crippen molar-refractivity contribution in [1.29, 1.82) is 0 Å². The second kappa shape index (κ2) is 6.15. The maximum Gasteiger partial charge on any atom is 0.0486 e. The Bertz CT molecular complexity index is 328. The molecule has 1 aromatic rings. The van der Waals surface area contributed by atoms with E-state index in [0.29, 0.717) is 12.0 Å². The first kappa shape index (κ1) is 12.6.